The molecule has 0 aliphatic carbocycles. The molecule has 1 aromatic carbocycles. The highest BCUT2D eigenvalue weighted by atomic mass is 16.5. The lowest BCUT2D eigenvalue weighted by atomic mass is 10.1. The fourth-order valence-corrected chi connectivity index (χ4v) is 1.76. The van der Waals surface area contributed by atoms with Crippen LogP contribution in [0.25, 0.3) is 0 Å². The first-order valence-corrected chi connectivity index (χ1v) is 6.50. The highest BCUT2D eigenvalue weighted by molar-refractivity contribution is 5.79. The summed E-state index contributed by atoms with van der Waals surface area (Å²) in [5.41, 5.74) is 1.15. The SMILES string of the molecule is CCc1ccccc1OCC(=O)CCCN(C)C. The Kier molecular flexibility index (Phi) is 6.44. The summed E-state index contributed by atoms with van der Waals surface area (Å²) >= 11 is 0. The van der Waals surface area contributed by atoms with Crippen molar-refractivity contribution in [2.24, 2.45) is 0 Å². The largest absolute Gasteiger partial charge is 0.486 e. The second-order valence-electron chi connectivity index (χ2n) is 4.70. The summed E-state index contributed by atoms with van der Waals surface area (Å²) in [6.45, 7) is 3.21. The van der Waals surface area contributed by atoms with E-state index in [0.717, 1.165) is 30.7 Å². The topological polar surface area (TPSA) is 29.5 Å². The molecule has 0 saturated heterocycles. The van der Waals surface area contributed by atoms with Crippen LogP contribution in [0.2, 0.25) is 0 Å². The zero-order valence-corrected chi connectivity index (χ0v) is 11.6. The second-order valence-corrected chi connectivity index (χ2v) is 4.70. The van der Waals surface area contributed by atoms with Gasteiger partial charge in [0.15, 0.2) is 5.78 Å². The van der Waals surface area contributed by atoms with Gasteiger partial charge < -0.3 is 9.64 Å². The Morgan fingerprint density at radius 3 is 2.67 bits per heavy atom. The van der Waals surface area contributed by atoms with Gasteiger partial charge in [-0.2, -0.15) is 0 Å². The first kappa shape index (κ1) is 14.7. The van der Waals surface area contributed by atoms with E-state index in [2.05, 4.69) is 11.8 Å². The third kappa shape index (κ3) is 5.32. The molecule has 3 heteroatoms. The van der Waals surface area contributed by atoms with Gasteiger partial charge in [0.2, 0.25) is 0 Å². The highest BCUT2D eigenvalue weighted by Gasteiger charge is 2.06. The number of aryl methyl sites for hydroxylation is 1. The van der Waals surface area contributed by atoms with E-state index in [1.807, 2.05) is 38.4 Å². The molecule has 18 heavy (non-hydrogen) atoms. The number of para-hydroxylation sites is 1. The third-order valence-electron chi connectivity index (χ3n) is 2.80. The standard InChI is InChI=1S/C15H23NO2/c1-4-13-8-5-6-10-15(13)18-12-14(17)9-7-11-16(2)3/h5-6,8,10H,4,7,9,11-12H2,1-3H3. The van der Waals surface area contributed by atoms with Gasteiger partial charge in [-0.15, -0.1) is 0 Å². The molecule has 3 nitrogen and oxygen atoms in total. The van der Waals surface area contributed by atoms with Crippen LogP contribution in [0.1, 0.15) is 25.3 Å². The van der Waals surface area contributed by atoms with Gasteiger partial charge in [-0.1, -0.05) is 25.1 Å². The predicted molar refractivity (Wildman–Crippen MR) is 74.1 cm³/mol. The Labute approximate surface area is 110 Å². The average Bonchev–Trinajstić information content (AvgIpc) is 2.36. The van der Waals surface area contributed by atoms with Crippen LogP contribution in [-0.4, -0.2) is 37.9 Å². The van der Waals surface area contributed by atoms with Crippen LogP contribution in [0.5, 0.6) is 5.75 Å². The van der Waals surface area contributed by atoms with E-state index in [9.17, 15) is 4.79 Å². The van der Waals surface area contributed by atoms with Gasteiger partial charge in [0.1, 0.15) is 12.4 Å². The summed E-state index contributed by atoms with van der Waals surface area (Å²) in [4.78, 5) is 13.7. The number of benzene rings is 1. The minimum absolute atomic E-state index is 0.169. The van der Waals surface area contributed by atoms with E-state index < -0.39 is 0 Å². The first-order valence-electron chi connectivity index (χ1n) is 6.50. The zero-order valence-electron chi connectivity index (χ0n) is 11.6. The molecule has 0 aliphatic rings. The maximum absolute atomic E-state index is 11.7. The molecule has 0 unspecified atom stereocenters. The number of hydrogen-bond donors (Lipinski definition) is 0. The maximum atomic E-state index is 11.7. The minimum atomic E-state index is 0.169. The molecule has 1 aromatic rings. The highest BCUT2D eigenvalue weighted by Crippen LogP contribution is 2.18. The molecule has 0 spiro atoms. The Balaban J connectivity index is 2.33. The third-order valence-corrected chi connectivity index (χ3v) is 2.80. The van der Waals surface area contributed by atoms with E-state index in [-0.39, 0.29) is 12.4 Å². The molecule has 0 N–H and O–H groups in total. The number of rotatable bonds is 8. The molecule has 0 aromatic heterocycles. The monoisotopic (exact) mass is 249 g/mol. The maximum Gasteiger partial charge on any atom is 0.170 e. The van der Waals surface area contributed by atoms with Crippen molar-refractivity contribution in [2.75, 3.05) is 27.2 Å². The molecule has 0 aliphatic heterocycles. The van der Waals surface area contributed by atoms with Gasteiger partial charge in [0.05, 0.1) is 0 Å². The van der Waals surface area contributed by atoms with Crippen molar-refractivity contribution >= 4 is 5.78 Å². The van der Waals surface area contributed by atoms with Crippen molar-refractivity contribution in [1.29, 1.82) is 0 Å². The summed E-state index contributed by atoms with van der Waals surface area (Å²) in [5, 5.41) is 0. The van der Waals surface area contributed by atoms with Gasteiger partial charge in [-0.25, -0.2) is 0 Å². The van der Waals surface area contributed by atoms with Gasteiger partial charge in [-0.3, -0.25) is 4.79 Å². The second kappa shape index (κ2) is 7.88. The average molecular weight is 249 g/mol. The van der Waals surface area contributed by atoms with E-state index in [1.165, 1.54) is 0 Å². The van der Waals surface area contributed by atoms with Gasteiger partial charge in [0, 0.05) is 6.42 Å². The van der Waals surface area contributed by atoms with E-state index in [4.69, 9.17) is 4.74 Å². The quantitative estimate of drug-likeness (QED) is 0.709. The Morgan fingerprint density at radius 2 is 2.00 bits per heavy atom. The van der Waals surface area contributed by atoms with E-state index >= 15 is 0 Å². The number of nitrogens with zero attached hydrogens (tertiary/aromatic N) is 1. The Morgan fingerprint density at radius 1 is 1.28 bits per heavy atom. The minimum Gasteiger partial charge on any atom is -0.486 e. The molecular weight excluding hydrogens is 226 g/mol. The van der Waals surface area contributed by atoms with Crippen molar-refractivity contribution in [3.8, 4) is 5.75 Å². The summed E-state index contributed by atoms with van der Waals surface area (Å²) in [7, 11) is 4.02. The van der Waals surface area contributed by atoms with Crippen LogP contribution >= 0.6 is 0 Å². The molecule has 0 radical (unpaired) electrons. The van der Waals surface area contributed by atoms with Crippen LogP contribution in [0.3, 0.4) is 0 Å². The zero-order chi connectivity index (χ0) is 13.4. The molecular formula is C15H23NO2. The Hall–Kier alpha value is -1.35. The summed E-state index contributed by atoms with van der Waals surface area (Å²) in [6.07, 6.45) is 2.40. The van der Waals surface area contributed by atoms with Crippen LogP contribution in [0, 0.1) is 0 Å². The van der Waals surface area contributed by atoms with Crippen molar-refractivity contribution in [1.82, 2.24) is 4.90 Å². The molecule has 1 rings (SSSR count). The van der Waals surface area contributed by atoms with Crippen molar-refractivity contribution < 1.29 is 9.53 Å². The fraction of sp³-hybridized carbons (Fsp3) is 0.533. The summed E-state index contributed by atoms with van der Waals surface area (Å²) < 4.78 is 5.58. The molecule has 0 bridgehead atoms. The van der Waals surface area contributed by atoms with E-state index in [1.54, 1.807) is 0 Å². The smallest absolute Gasteiger partial charge is 0.170 e. The number of Topliss-reactive ketones (excluding diaryl/α,β-unsaturated/α-hetero) is 1. The van der Waals surface area contributed by atoms with Crippen LogP contribution < -0.4 is 4.74 Å². The van der Waals surface area contributed by atoms with Gasteiger partial charge in [-0.05, 0) is 45.1 Å². The number of ether oxygens (including phenoxy) is 1. The summed E-state index contributed by atoms with van der Waals surface area (Å²) in [5.74, 6) is 1.00. The first-order chi connectivity index (χ1) is 8.63. The van der Waals surface area contributed by atoms with Gasteiger partial charge >= 0.3 is 0 Å². The number of carbonyl (C=O) groups is 1. The summed E-state index contributed by atoms with van der Waals surface area (Å²) in [6, 6.07) is 7.88. The van der Waals surface area contributed by atoms with E-state index in [0.29, 0.717) is 6.42 Å². The van der Waals surface area contributed by atoms with Crippen molar-refractivity contribution in [3.63, 3.8) is 0 Å². The van der Waals surface area contributed by atoms with Crippen LogP contribution in [0.15, 0.2) is 24.3 Å². The molecule has 0 amide bonds. The molecule has 0 atom stereocenters. The number of ketones is 1. The van der Waals surface area contributed by atoms with Crippen molar-refractivity contribution in [2.45, 2.75) is 26.2 Å². The van der Waals surface area contributed by atoms with Gasteiger partial charge in [0.25, 0.3) is 0 Å². The number of hydrogen-bond acceptors (Lipinski definition) is 3. The molecule has 0 heterocycles. The van der Waals surface area contributed by atoms with Crippen LogP contribution in [0.4, 0.5) is 0 Å². The lowest BCUT2D eigenvalue weighted by Crippen LogP contribution is -2.17. The lowest BCUT2D eigenvalue weighted by Gasteiger charge is -2.10. The normalized spacial score (nSPS) is 10.7. The fourth-order valence-electron chi connectivity index (χ4n) is 1.76. The molecule has 0 fully saturated rings. The predicted octanol–water partition coefficient (Wildman–Crippen LogP) is 2.54. The number of carbonyl (C=O) groups excluding carboxylic acids is 1. The molecule has 100 valence electrons. The van der Waals surface area contributed by atoms with Crippen LogP contribution in [-0.2, 0) is 11.2 Å². The molecule has 0 saturated carbocycles. The Bertz CT molecular complexity index is 375. The lowest BCUT2D eigenvalue weighted by molar-refractivity contribution is -0.121. The van der Waals surface area contributed by atoms with Crippen molar-refractivity contribution in [3.05, 3.63) is 29.8 Å².